The third-order valence-electron chi connectivity index (χ3n) is 6.08. The molecule has 1 aliphatic carbocycles. The maximum absolute atomic E-state index is 11.5. The molecule has 2 aliphatic heterocycles. The highest BCUT2D eigenvalue weighted by Gasteiger charge is 2.56. The smallest absolute Gasteiger partial charge is 0.220 e. The summed E-state index contributed by atoms with van der Waals surface area (Å²) in [6, 6.07) is 0. The molecule has 0 bridgehead atoms. The first-order valence-corrected chi connectivity index (χ1v) is 8.50. The first-order valence-electron chi connectivity index (χ1n) is 8.50. The minimum absolute atomic E-state index is 0.0726. The molecule has 3 unspecified atom stereocenters. The van der Waals surface area contributed by atoms with Crippen molar-refractivity contribution >= 4 is 5.91 Å². The number of nitrogens with two attached hydrogens (primary N) is 1. The molecule has 1 aromatic heterocycles. The Hall–Kier alpha value is -1.43. The topological polar surface area (TPSA) is 85.8 Å². The van der Waals surface area contributed by atoms with Crippen molar-refractivity contribution in [3.63, 3.8) is 0 Å². The van der Waals surface area contributed by atoms with Gasteiger partial charge in [0.05, 0.1) is 0 Å². The Morgan fingerprint density at radius 2 is 2.27 bits per heavy atom. The zero-order valence-corrected chi connectivity index (χ0v) is 13.2. The van der Waals surface area contributed by atoms with Gasteiger partial charge < -0.3 is 15.6 Å². The first kappa shape index (κ1) is 14.2. The molecule has 4 atom stereocenters. The van der Waals surface area contributed by atoms with Gasteiger partial charge in [-0.25, -0.2) is 0 Å². The quantitative estimate of drug-likeness (QED) is 0.864. The second kappa shape index (κ2) is 5.05. The van der Waals surface area contributed by atoms with Gasteiger partial charge in [-0.15, -0.1) is 10.2 Å². The molecule has 2 fully saturated rings. The van der Waals surface area contributed by atoms with Crippen LogP contribution in [-0.4, -0.2) is 32.8 Å². The Balaban J connectivity index is 1.37. The lowest BCUT2D eigenvalue weighted by atomic mass is 9.85. The molecule has 6 heteroatoms. The summed E-state index contributed by atoms with van der Waals surface area (Å²) in [5.74, 6) is 3.55. The number of carbonyl (C=O) groups excluding carboxylic acids is 1. The van der Waals surface area contributed by atoms with Gasteiger partial charge in [-0.05, 0) is 57.4 Å². The molecule has 120 valence electrons. The number of aryl methyl sites for hydroxylation is 1. The van der Waals surface area contributed by atoms with Crippen molar-refractivity contribution in [3.8, 4) is 0 Å². The van der Waals surface area contributed by atoms with Crippen molar-refractivity contribution in [2.75, 3.05) is 6.54 Å². The van der Waals surface area contributed by atoms with Gasteiger partial charge in [0, 0.05) is 24.4 Å². The van der Waals surface area contributed by atoms with E-state index in [1.54, 1.807) is 0 Å². The van der Waals surface area contributed by atoms with Gasteiger partial charge in [0.25, 0.3) is 0 Å². The zero-order chi connectivity index (χ0) is 15.3. The fourth-order valence-corrected chi connectivity index (χ4v) is 4.65. The third kappa shape index (κ3) is 2.33. The second-order valence-electron chi connectivity index (χ2n) is 7.49. The number of nitrogens with one attached hydrogen (secondary N) is 1. The minimum atomic E-state index is -0.118. The predicted octanol–water partition coefficient (Wildman–Crippen LogP) is 0.783. The maximum Gasteiger partial charge on any atom is 0.220 e. The highest BCUT2D eigenvalue weighted by molar-refractivity contribution is 5.77. The summed E-state index contributed by atoms with van der Waals surface area (Å²) in [6.07, 6.45) is 6.55. The summed E-state index contributed by atoms with van der Waals surface area (Å²) in [5.41, 5.74) is 5.72. The van der Waals surface area contributed by atoms with E-state index in [-0.39, 0.29) is 17.4 Å². The Morgan fingerprint density at radius 3 is 3.09 bits per heavy atom. The van der Waals surface area contributed by atoms with E-state index < -0.39 is 0 Å². The van der Waals surface area contributed by atoms with Crippen LogP contribution in [0.2, 0.25) is 0 Å². The average Bonchev–Trinajstić information content (AvgIpc) is 2.99. The molecule has 3 N–H and O–H groups in total. The molecule has 1 saturated heterocycles. The van der Waals surface area contributed by atoms with Gasteiger partial charge >= 0.3 is 0 Å². The summed E-state index contributed by atoms with van der Waals surface area (Å²) in [7, 11) is 0. The van der Waals surface area contributed by atoms with E-state index in [2.05, 4.69) is 20.1 Å². The molecule has 3 heterocycles. The van der Waals surface area contributed by atoms with Crippen molar-refractivity contribution in [2.45, 2.75) is 57.5 Å². The molecule has 1 saturated carbocycles. The van der Waals surface area contributed by atoms with Gasteiger partial charge in [-0.2, -0.15) is 0 Å². The van der Waals surface area contributed by atoms with Crippen LogP contribution in [0.15, 0.2) is 0 Å². The van der Waals surface area contributed by atoms with Crippen LogP contribution >= 0.6 is 0 Å². The Morgan fingerprint density at radius 1 is 1.41 bits per heavy atom. The summed E-state index contributed by atoms with van der Waals surface area (Å²) in [4.78, 5) is 11.5. The number of hydrogen-bond donors (Lipinski definition) is 2. The molecule has 3 aliphatic rings. The van der Waals surface area contributed by atoms with Crippen molar-refractivity contribution in [1.82, 2.24) is 20.1 Å². The molecular formula is C16H25N5O. The molecule has 1 amide bonds. The number of rotatable bonds is 3. The standard InChI is InChI=1S/C16H25N5O/c1-10-19-20-14-7-11(3-5-21(10)14)6-13-9-16(13)8-12(15(17)22)2-4-18-16/h11-13,18H,2-9H2,1H3,(H2,17,22)/t11-,12?,13?,16?/m0/s1. The summed E-state index contributed by atoms with van der Waals surface area (Å²) in [5, 5.41) is 12.2. The van der Waals surface area contributed by atoms with Gasteiger partial charge in [-0.1, -0.05) is 0 Å². The molecule has 1 aromatic rings. The van der Waals surface area contributed by atoms with E-state index in [9.17, 15) is 4.79 Å². The van der Waals surface area contributed by atoms with Gasteiger partial charge in [0.1, 0.15) is 11.6 Å². The van der Waals surface area contributed by atoms with Crippen LogP contribution in [0.5, 0.6) is 0 Å². The fraction of sp³-hybridized carbons (Fsp3) is 0.812. The van der Waals surface area contributed by atoms with E-state index in [4.69, 9.17) is 5.73 Å². The molecule has 1 spiro atoms. The number of hydrogen-bond acceptors (Lipinski definition) is 4. The van der Waals surface area contributed by atoms with Crippen molar-refractivity contribution in [3.05, 3.63) is 11.6 Å². The van der Waals surface area contributed by atoms with Gasteiger partial charge in [0.2, 0.25) is 5.91 Å². The minimum Gasteiger partial charge on any atom is -0.369 e. The molecule has 0 aromatic carbocycles. The fourth-order valence-electron chi connectivity index (χ4n) is 4.65. The normalized spacial score (nSPS) is 37.0. The van der Waals surface area contributed by atoms with Gasteiger partial charge in [-0.3, -0.25) is 4.79 Å². The summed E-state index contributed by atoms with van der Waals surface area (Å²) >= 11 is 0. The number of aromatic nitrogens is 3. The molecule has 0 radical (unpaired) electrons. The number of fused-ring (bicyclic) bond motifs is 1. The molecular weight excluding hydrogens is 278 g/mol. The maximum atomic E-state index is 11.5. The van der Waals surface area contributed by atoms with Crippen molar-refractivity contribution < 1.29 is 4.79 Å². The van der Waals surface area contributed by atoms with Crippen molar-refractivity contribution in [2.24, 2.45) is 23.5 Å². The van der Waals surface area contributed by atoms with E-state index in [0.717, 1.165) is 44.0 Å². The third-order valence-corrected chi connectivity index (χ3v) is 6.08. The largest absolute Gasteiger partial charge is 0.369 e. The lowest BCUT2D eigenvalue weighted by molar-refractivity contribution is -0.123. The summed E-state index contributed by atoms with van der Waals surface area (Å²) in [6.45, 7) is 4.01. The van der Waals surface area contributed by atoms with Crippen LogP contribution in [0, 0.1) is 24.7 Å². The van der Waals surface area contributed by atoms with Crippen LogP contribution in [-0.2, 0) is 17.8 Å². The molecule has 4 rings (SSSR count). The highest BCUT2D eigenvalue weighted by Crippen LogP contribution is 2.53. The highest BCUT2D eigenvalue weighted by atomic mass is 16.1. The van der Waals surface area contributed by atoms with E-state index in [0.29, 0.717) is 11.8 Å². The van der Waals surface area contributed by atoms with E-state index >= 15 is 0 Å². The number of amides is 1. The zero-order valence-electron chi connectivity index (χ0n) is 13.2. The Kier molecular flexibility index (Phi) is 3.25. The van der Waals surface area contributed by atoms with Crippen LogP contribution in [0.4, 0.5) is 0 Å². The molecule has 6 nitrogen and oxygen atoms in total. The van der Waals surface area contributed by atoms with E-state index in [1.165, 1.54) is 19.3 Å². The monoisotopic (exact) mass is 303 g/mol. The first-order chi connectivity index (χ1) is 10.6. The Bertz CT molecular complexity index is 597. The number of nitrogens with zero attached hydrogens (tertiary/aromatic N) is 3. The lowest BCUT2D eigenvalue weighted by Gasteiger charge is -2.31. The number of primary amides is 1. The average molecular weight is 303 g/mol. The second-order valence-corrected chi connectivity index (χ2v) is 7.49. The molecule has 22 heavy (non-hydrogen) atoms. The van der Waals surface area contributed by atoms with Crippen LogP contribution in [0.3, 0.4) is 0 Å². The predicted molar refractivity (Wildman–Crippen MR) is 81.9 cm³/mol. The number of carbonyl (C=O) groups is 1. The van der Waals surface area contributed by atoms with Crippen LogP contribution in [0.25, 0.3) is 0 Å². The van der Waals surface area contributed by atoms with Crippen LogP contribution < -0.4 is 11.1 Å². The van der Waals surface area contributed by atoms with Gasteiger partial charge in [0.15, 0.2) is 0 Å². The van der Waals surface area contributed by atoms with E-state index in [1.807, 2.05) is 6.92 Å². The van der Waals surface area contributed by atoms with Crippen LogP contribution in [0.1, 0.15) is 43.8 Å². The number of piperidine rings is 1. The SMILES string of the molecule is Cc1nnc2n1CC[C@@H](CC1CC13CC(C(N)=O)CCN3)C2. The Labute approximate surface area is 130 Å². The lowest BCUT2D eigenvalue weighted by Crippen LogP contribution is -2.45. The summed E-state index contributed by atoms with van der Waals surface area (Å²) < 4.78 is 2.25. The van der Waals surface area contributed by atoms with Crippen molar-refractivity contribution in [1.29, 1.82) is 0 Å².